The van der Waals surface area contributed by atoms with Gasteiger partial charge in [-0.15, -0.1) is 0 Å². The van der Waals surface area contributed by atoms with Gasteiger partial charge in [-0.2, -0.15) is 5.10 Å². The number of aryl methyl sites for hydroxylation is 2. The zero-order valence-electron chi connectivity index (χ0n) is 22.5. The van der Waals surface area contributed by atoms with Crippen LogP contribution in [0.15, 0.2) is 67.0 Å². The fourth-order valence-electron chi connectivity index (χ4n) is 5.74. The molecule has 6 rings (SSSR count). The molecule has 1 unspecified atom stereocenters. The second kappa shape index (κ2) is 11.4. The molecule has 8 heteroatoms. The zero-order chi connectivity index (χ0) is 27.5. The molecule has 0 radical (unpaired) electrons. The summed E-state index contributed by atoms with van der Waals surface area (Å²) in [4.78, 5) is 43.1. The van der Waals surface area contributed by atoms with Crippen molar-refractivity contribution in [3.8, 4) is 11.3 Å². The molecule has 0 saturated carbocycles. The monoisotopic (exact) mass is 535 g/mol. The van der Waals surface area contributed by atoms with Crippen molar-refractivity contribution in [3.05, 3.63) is 83.7 Å². The molecule has 2 aromatic heterocycles. The van der Waals surface area contributed by atoms with Crippen LogP contribution in [0.3, 0.4) is 0 Å². The van der Waals surface area contributed by atoms with Gasteiger partial charge >= 0.3 is 0 Å². The van der Waals surface area contributed by atoms with Crippen LogP contribution >= 0.6 is 0 Å². The molecular formula is C32H33N5O3. The van der Waals surface area contributed by atoms with Gasteiger partial charge in [-0.05, 0) is 55.0 Å². The number of amides is 3. The molecule has 2 aliphatic rings. The Bertz CT molecular complexity index is 1580. The SMILES string of the molecule is O=C1CCC(N2Cc3ccc(CCCCCCCn4cc(-c5ccc6ccccc6n5)cn4)cc3C2=O)C(=O)N1. The smallest absolute Gasteiger partial charge is 0.255 e. The second-order valence-electron chi connectivity index (χ2n) is 10.8. The first-order chi connectivity index (χ1) is 19.5. The number of rotatable bonds is 10. The number of pyridine rings is 1. The van der Waals surface area contributed by atoms with E-state index in [4.69, 9.17) is 4.98 Å². The Morgan fingerprint density at radius 2 is 1.77 bits per heavy atom. The lowest BCUT2D eigenvalue weighted by molar-refractivity contribution is -0.136. The summed E-state index contributed by atoms with van der Waals surface area (Å²) in [6.07, 6.45) is 11.2. The molecule has 1 fully saturated rings. The molecule has 0 spiro atoms. The van der Waals surface area contributed by atoms with Crippen LogP contribution in [0.5, 0.6) is 0 Å². The maximum Gasteiger partial charge on any atom is 0.255 e. The molecule has 2 aromatic carbocycles. The van der Waals surface area contributed by atoms with E-state index in [9.17, 15) is 14.4 Å². The number of carbonyl (C=O) groups excluding carboxylic acids is 3. The molecule has 4 heterocycles. The summed E-state index contributed by atoms with van der Waals surface area (Å²) in [6.45, 7) is 1.32. The molecule has 4 aromatic rings. The molecule has 2 aliphatic heterocycles. The zero-order valence-corrected chi connectivity index (χ0v) is 22.5. The highest BCUT2D eigenvalue weighted by molar-refractivity contribution is 6.05. The minimum atomic E-state index is -0.565. The molecule has 204 valence electrons. The fraction of sp³-hybridized carbons (Fsp3) is 0.344. The molecule has 8 nitrogen and oxygen atoms in total. The Labute approximate surface area is 233 Å². The molecular weight excluding hydrogens is 502 g/mol. The third-order valence-electron chi connectivity index (χ3n) is 7.97. The van der Waals surface area contributed by atoms with Gasteiger partial charge in [-0.3, -0.25) is 24.4 Å². The normalized spacial score (nSPS) is 16.9. The van der Waals surface area contributed by atoms with Gasteiger partial charge in [0.15, 0.2) is 0 Å². The predicted molar refractivity (Wildman–Crippen MR) is 152 cm³/mol. The average Bonchev–Trinajstić information content (AvgIpc) is 3.57. The Morgan fingerprint density at radius 1 is 0.925 bits per heavy atom. The quantitative estimate of drug-likeness (QED) is 0.226. The summed E-state index contributed by atoms with van der Waals surface area (Å²) >= 11 is 0. The van der Waals surface area contributed by atoms with Crippen LogP contribution in [0.4, 0.5) is 0 Å². The van der Waals surface area contributed by atoms with E-state index in [2.05, 4.69) is 40.9 Å². The number of unbranched alkanes of at least 4 members (excludes halogenated alkanes) is 4. The van der Waals surface area contributed by atoms with Gasteiger partial charge in [-0.1, -0.05) is 55.7 Å². The fourth-order valence-corrected chi connectivity index (χ4v) is 5.74. The largest absolute Gasteiger partial charge is 0.322 e. The van der Waals surface area contributed by atoms with Crippen LogP contribution in [-0.2, 0) is 29.1 Å². The van der Waals surface area contributed by atoms with Crippen molar-refractivity contribution >= 4 is 28.6 Å². The number of nitrogens with one attached hydrogen (secondary N) is 1. The van der Waals surface area contributed by atoms with Crippen LogP contribution in [0.1, 0.15) is 66.4 Å². The molecule has 1 N–H and O–H groups in total. The minimum Gasteiger partial charge on any atom is -0.322 e. The first-order valence-corrected chi connectivity index (χ1v) is 14.2. The number of para-hydroxylation sites is 1. The molecule has 1 saturated heterocycles. The minimum absolute atomic E-state index is 0.107. The Hall–Kier alpha value is -4.33. The molecule has 0 aliphatic carbocycles. The van der Waals surface area contributed by atoms with E-state index in [0.717, 1.165) is 78.4 Å². The van der Waals surface area contributed by atoms with Crippen molar-refractivity contribution in [2.75, 3.05) is 0 Å². The number of hydrogen-bond acceptors (Lipinski definition) is 5. The van der Waals surface area contributed by atoms with E-state index in [1.54, 1.807) is 4.90 Å². The van der Waals surface area contributed by atoms with Crippen molar-refractivity contribution in [3.63, 3.8) is 0 Å². The highest BCUT2D eigenvalue weighted by atomic mass is 16.2. The van der Waals surface area contributed by atoms with Crippen LogP contribution in [-0.4, -0.2) is 43.4 Å². The standard InChI is InChI=1S/C32H33N5O3/c38-30-16-15-29(31(39)35-30)37-21-24-12-11-22(18-26(24)32(37)40)8-4-2-1-3-7-17-36-20-25(19-33-36)28-14-13-23-9-5-6-10-27(23)34-28/h5-6,9-14,18-20,29H,1-4,7-8,15-17,21H2,(H,35,38,39). The lowest BCUT2D eigenvalue weighted by Gasteiger charge is -2.29. The van der Waals surface area contributed by atoms with E-state index in [0.29, 0.717) is 18.5 Å². The summed E-state index contributed by atoms with van der Waals surface area (Å²) in [7, 11) is 0. The molecule has 1 atom stereocenters. The number of fused-ring (bicyclic) bond motifs is 2. The van der Waals surface area contributed by atoms with Crippen LogP contribution in [0, 0.1) is 0 Å². The summed E-state index contributed by atoms with van der Waals surface area (Å²) in [5.41, 5.74) is 5.79. The van der Waals surface area contributed by atoms with Crippen molar-refractivity contribution in [2.24, 2.45) is 0 Å². The van der Waals surface area contributed by atoms with Crippen LogP contribution in [0.25, 0.3) is 22.2 Å². The van der Waals surface area contributed by atoms with E-state index in [1.807, 2.05) is 41.2 Å². The van der Waals surface area contributed by atoms with Gasteiger partial charge in [0.05, 0.1) is 17.4 Å². The van der Waals surface area contributed by atoms with Gasteiger partial charge in [0.2, 0.25) is 11.8 Å². The summed E-state index contributed by atoms with van der Waals surface area (Å²) < 4.78 is 2.01. The topological polar surface area (TPSA) is 97.2 Å². The van der Waals surface area contributed by atoms with Crippen molar-refractivity contribution < 1.29 is 14.4 Å². The number of piperidine rings is 1. The summed E-state index contributed by atoms with van der Waals surface area (Å²) in [5, 5.41) is 8.03. The number of nitrogens with zero attached hydrogens (tertiary/aromatic N) is 4. The third-order valence-corrected chi connectivity index (χ3v) is 7.97. The van der Waals surface area contributed by atoms with Gasteiger partial charge in [0, 0.05) is 42.2 Å². The van der Waals surface area contributed by atoms with Crippen LogP contribution < -0.4 is 5.32 Å². The Kier molecular flexibility index (Phi) is 7.40. The van der Waals surface area contributed by atoms with Crippen LogP contribution in [0.2, 0.25) is 0 Å². The first kappa shape index (κ1) is 25.9. The van der Waals surface area contributed by atoms with Gasteiger partial charge in [0.1, 0.15) is 6.04 Å². The first-order valence-electron chi connectivity index (χ1n) is 14.2. The number of hydrogen-bond donors (Lipinski definition) is 1. The predicted octanol–water partition coefficient (Wildman–Crippen LogP) is 5.05. The molecule has 3 amide bonds. The average molecular weight is 536 g/mol. The molecule has 40 heavy (non-hydrogen) atoms. The van der Waals surface area contributed by atoms with E-state index >= 15 is 0 Å². The number of carbonyl (C=O) groups is 3. The van der Waals surface area contributed by atoms with E-state index in [1.165, 1.54) is 0 Å². The van der Waals surface area contributed by atoms with Gasteiger partial charge < -0.3 is 4.90 Å². The number of benzene rings is 2. The second-order valence-corrected chi connectivity index (χ2v) is 10.8. The Balaban J connectivity index is 0.925. The lowest BCUT2D eigenvalue weighted by Crippen LogP contribution is -2.52. The highest BCUT2D eigenvalue weighted by Crippen LogP contribution is 2.29. The van der Waals surface area contributed by atoms with Gasteiger partial charge in [-0.25, -0.2) is 4.98 Å². The van der Waals surface area contributed by atoms with Gasteiger partial charge in [0.25, 0.3) is 5.91 Å². The summed E-state index contributed by atoms with van der Waals surface area (Å²) in [6, 6.07) is 17.8. The van der Waals surface area contributed by atoms with E-state index in [-0.39, 0.29) is 24.1 Å². The highest BCUT2D eigenvalue weighted by Gasteiger charge is 2.39. The molecule has 0 bridgehead atoms. The number of imide groups is 1. The maximum absolute atomic E-state index is 13.0. The summed E-state index contributed by atoms with van der Waals surface area (Å²) in [5.74, 6) is -0.741. The van der Waals surface area contributed by atoms with Crippen molar-refractivity contribution in [1.82, 2.24) is 25.0 Å². The number of aromatic nitrogens is 3. The lowest BCUT2D eigenvalue weighted by atomic mass is 10.0. The maximum atomic E-state index is 13.0. The van der Waals surface area contributed by atoms with Crippen molar-refractivity contribution in [1.29, 1.82) is 0 Å². The Morgan fingerprint density at radius 3 is 2.67 bits per heavy atom. The third kappa shape index (κ3) is 5.52. The van der Waals surface area contributed by atoms with Crippen molar-refractivity contribution in [2.45, 2.75) is 70.5 Å². The van der Waals surface area contributed by atoms with E-state index < -0.39 is 6.04 Å².